The molecule has 0 unspecified atom stereocenters. The van der Waals surface area contributed by atoms with E-state index in [4.69, 9.17) is 0 Å². The van der Waals surface area contributed by atoms with Gasteiger partial charge in [0.2, 0.25) is 5.91 Å². The van der Waals surface area contributed by atoms with E-state index < -0.39 is 0 Å². The summed E-state index contributed by atoms with van der Waals surface area (Å²) in [6.07, 6.45) is 2.02. The Kier molecular flexibility index (Phi) is 3.90. The van der Waals surface area contributed by atoms with E-state index in [9.17, 15) is 4.79 Å². The normalized spacial score (nSPS) is 10.3. The molecule has 0 bridgehead atoms. The van der Waals surface area contributed by atoms with Gasteiger partial charge in [0.25, 0.3) is 0 Å². The van der Waals surface area contributed by atoms with E-state index in [1.807, 2.05) is 44.4 Å². The Morgan fingerprint density at radius 2 is 2.11 bits per heavy atom. The molecule has 2 N–H and O–H groups in total. The van der Waals surface area contributed by atoms with Gasteiger partial charge in [-0.25, -0.2) is 0 Å². The standard InChI is InChI=1S/C15H19N3O/c1-11-6-7-13(9-15(11)17-12(2)19)16-10-14-5-4-8-18(14)3/h4-9,16H,10H2,1-3H3,(H,17,19). The number of aromatic nitrogens is 1. The molecule has 0 aliphatic heterocycles. The van der Waals surface area contributed by atoms with Crippen molar-refractivity contribution in [1.82, 2.24) is 4.57 Å². The van der Waals surface area contributed by atoms with E-state index in [0.717, 1.165) is 23.5 Å². The van der Waals surface area contributed by atoms with Crippen LogP contribution >= 0.6 is 0 Å². The van der Waals surface area contributed by atoms with Crippen LogP contribution in [0.15, 0.2) is 36.5 Å². The minimum atomic E-state index is -0.0531. The SMILES string of the molecule is CC(=O)Nc1cc(NCc2cccn2C)ccc1C. The number of nitrogens with one attached hydrogen (secondary N) is 2. The topological polar surface area (TPSA) is 46.1 Å². The summed E-state index contributed by atoms with van der Waals surface area (Å²) >= 11 is 0. The number of rotatable bonds is 4. The molecule has 1 amide bonds. The highest BCUT2D eigenvalue weighted by Crippen LogP contribution is 2.20. The fraction of sp³-hybridized carbons (Fsp3) is 0.267. The van der Waals surface area contributed by atoms with Crippen LogP contribution in [-0.2, 0) is 18.4 Å². The largest absolute Gasteiger partial charge is 0.379 e. The lowest BCUT2D eigenvalue weighted by Gasteiger charge is -2.11. The summed E-state index contributed by atoms with van der Waals surface area (Å²) in [6, 6.07) is 10.1. The van der Waals surface area contributed by atoms with Crippen LogP contribution in [0.2, 0.25) is 0 Å². The fourth-order valence-corrected chi connectivity index (χ4v) is 1.93. The molecule has 0 aliphatic carbocycles. The lowest BCUT2D eigenvalue weighted by Crippen LogP contribution is -2.08. The van der Waals surface area contributed by atoms with Crippen molar-refractivity contribution in [2.45, 2.75) is 20.4 Å². The van der Waals surface area contributed by atoms with Gasteiger partial charge in [0.15, 0.2) is 0 Å². The first-order chi connectivity index (χ1) is 9.06. The third kappa shape index (κ3) is 3.37. The molecule has 100 valence electrons. The second kappa shape index (κ2) is 5.61. The van der Waals surface area contributed by atoms with Crippen molar-refractivity contribution >= 4 is 17.3 Å². The Hall–Kier alpha value is -2.23. The zero-order valence-electron chi connectivity index (χ0n) is 11.5. The predicted molar refractivity (Wildman–Crippen MR) is 78.2 cm³/mol. The summed E-state index contributed by atoms with van der Waals surface area (Å²) in [5, 5.41) is 6.19. The van der Waals surface area contributed by atoms with Gasteiger partial charge in [0, 0.05) is 37.2 Å². The molecular formula is C15H19N3O. The van der Waals surface area contributed by atoms with Crippen LogP contribution in [0.3, 0.4) is 0 Å². The van der Waals surface area contributed by atoms with Gasteiger partial charge >= 0.3 is 0 Å². The third-order valence-corrected chi connectivity index (χ3v) is 3.07. The maximum Gasteiger partial charge on any atom is 0.221 e. The second-order valence-corrected chi connectivity index (χ2v) is 4.67. The molecular weight excluding hydrogens is 238 g/mol. The molecule has 4 nitrogen and oxygen atoms in total. The number of hydrogen-bond acceptors (Lipinski definition) is 2. The van der Waals surface area contributed by atoms with E-state index in [1.54, 1.807) is 0 Å². The van der Waals surface area contributed by atoms with Crippen molar-refractivity contribution in [3.05, 3.63) is 47.8 Å². The molecule has 19 heavy (non-hydrogen) atoms. The van der Waals surface area contributed by atoms with Crippen molar-refractivity contribution in [1.29, 1.82) is 0 Å². The first-order valence-electron chi connectivity index (χ1n) is 6.28. The Bertz CT molecular complexity index is 587. The van der Waals surface area contributed by atoms with Gasteiger partial charge in [-0.1, -0.05) is 6.07 Å². The molecule has 2 aromatic rings. The molecule has 0 radical (unpaired) electrons. The zero-order chi connectivity index (χ0) is 13.8. The Balaban J connectivity index is 2.08. The van der Waals surface area contributed by atoms with Crippen molar-refractivity contribution in [3.63, 3.8) is 0 Å². The number of benzene rings is 1. The van der Waals surface area contributed by atoms with Gasteiger partial charge in [0.05, 0.1) is 6.54 Å². The lowest BCUT2D eigenvalue weighted by molar-refractivity contribution is -0.114. The quantitative estimate of drug-likeness (QED) is 0.884. The molecule has 1 aromatic carbocycles. The van der Waals surface area contributed by atoms with Crippen molar-refractivity contribution in [2.75, 3.05) is 10.6 Å². The number of amides is 1. The predicted octanol–water partition coefficient (Wildman–Crippen LogP) is 2.90. The number of anilines is 2. The van der Waals surface area contributed by atoms with Crippen LogP contribution in [0.25, 0.3) is 0 Å². The maximum atomic E-state index is 11.1. The molecule has 0 fully saturated rings. The molecule has 4 heteroatoms. The van der Waals surface area contributed by atoms with Crippen LogP contribution in [0.5, 0.6) is 0 Å². The molecule has 1 aromatic heterocycles. The average Bonchev–Trinajstić information content (AvgIpc) is 2.75. The maximum absolute atomic E-state index is 11.1. The Morgan fingerprint density at radius 1 is 1.32 bits per heavy atom. The summed E-state index contributed by atoms with van der Waals surface area (Å²) in [6.45, 7) is 4.25. The Labute approximate surface area is 113 Å². The van der Waals surface area contributed by atoms with Crippen LogP contribution < -0.4 is 10.6 Å². The van der Waals surface area contributed by atoms with Gasteiger partial charge in [-0.05, 0) is 36.8 Å². The molecule has 0 aliphatic rings. The Morgan fingerprint density at radius 3 is 2.74 bits per heavy atom. The summed E-state index contributed by atoms with van der Waals surface area (Å²) < 4.78 is 2.08. The fourth-order valence-electron chi connectivity index (χ4n) is 1.93. The molecule has 0 spiro atoms. The molecule has 0 saturated heterocycles. The monoisotopic (exact) mass is 257 g/mol. The summed E-state index contributed by atoms with van der Waals surface area (Å²) in [7, 11) is 2.02. The van der Waals surface area contributed by atoms with Gasteiger partial charge < -0.3 is 15.2 Å². The van der Waals surface area contributed by atoms with Gasteiger partial charge in [0.1, 0.15) is 0 Å². The third-order valence-electron chi connectivity index (χ3n) is 3.07. The molecule has 0 saturated carbocycles. The van der Waals surface area contributed by atoms with Crippen LogP contribution in [0.4, 0.5) is 11.4 Å². The minimum absolute atomic E-state index is 0.0531. The van der Waals surface area contributed by atoms with Crippen molar-refractivity contribution in [3.8, 4) is 0 Å². The van der Waals surface area contributed by atoms with E-state index >= 15 is 0 Å². The molecule has 0 atom stereocenters. The number of hydrogen-bond donors (Lipinski definition) is 2. The van der Waals surface area contributed by atoms with Crippen molar-refractivity contribution in [2.24, 2.45) is 7.05 Å². The zero-order valence-corrected chi connectivity index (χ0v) is 11.5. The lowest BCUT2D eigenvalue weighted by atomic mass is 10.1. The van der Waals surface area contributed by atoms with Gasteiger partial charge in [-0.15, -0.1) is 0 Å². The van der Waals surface area contributed by atoms with E-state index in [0.29, 0.717) is 0 Å². The van der Waals surface area contributed by atoms with Crippen LogP contribution in [0, 0.1) is 6.92 Å². The van der Waals surface area contributed by atoms with Crippen LogP contribution in [-0.4, -0.2) is 10.5 Å². The van der Waals surface area contributed by atoms with E-state index in [-0.39, 0.29) is 5.91 Å². The first kappa shape index (κ1) is 13.2. The average molecular weight is 257 g/mol. The highest BCUT2D eigenvalue weighted by Gasteiger charge is 2.03. The summed E-state index contributed by atoms with van der Waals surface area (Å²) in [5.74, 6) is -0.0531. The number of aryl methyl sites for hydroxylation is 2. The summed E-state index contributed by atoms with van der Waals surface area (Å²) in [4.78, 5) is 11.1. The van der Waals surface area contributed by atoms with Crippen molar-refractivity contribution < 1.29 is 4.79 Å². The van der Waals surface area contributed by atoms with E-state index in [2.05, 4.69) is 21.3 Å². The van der Waals surface area contributed by atoms with E-state index in [1.165, 1.54) is 12.6 Å². The van der Waals surface area contributed by atoms with Crippen LogP contribution in [0.1, 0.15) is 18.2 Å². The number of carbonyl (C=O) groups excluding carboxylic acids is 1. The van der Waals surface area contributed by atoms with Gasteiger partial charge in [-0.3, -0.25) is 4.79 Å². The minimum Gasteiger partial charge on any atom is -0.379 e. The molecule has 2 rings (SSSR count). The highest BCUT2D eigenvalue weighted by atomic mass is 16.1. The smallest absolute Gasteiger partial charge is 0.221 e. The first-order valence-corrected chi connectivity index (χ1v) is 6.28. The van der Waals surface area contributed by atoms with Gasteiger partial charge in [-0.2, -0.15) is 0 Å². The molecule has 1 heterocycles. The second-order valence-electron chi connectivity index (χ2n) is 4.67. The highest BCUT2D eigenvalue weighted by molar-refractivity contribution is 5.90. The number of nitrogens with zero attached hydrogens (tertiary/aromatic N) is 1. The number of carbonyl (C=O) groups is 1. The summed E-state index contributed by atoms with van der Waals surface area (Å²) in [5.41, 5.74) is 4.11.